The van der Waals surface area contributed by atoms with Crippen molar-refractivity contribution in [2.24, 2.45) is 0 Å². The fraction of sp³-hybridized carbons (Fsp3) is 0.235. The summed E-state index contributed by atoms with van der Waals surface area (Å²) >= 11 is 0. The maximum Gasteiger partial charge on any atom is 0.138 e. The van der Waals surface area contributed by atoms with Gasteiger partial charge in [-0.25, -0.2) is 4.39 Å². The lowest BCUT2D eigenvalue weighted by molar-refractivity contribution is 0.305. The first kappa shape index (κ1) is 13.6. The van der Waals surface area contributed by atoms with Gasteiger partial charge in [0.05, 0.1) is 11.7 Å². The molecule has 3 aromatic rings. The van der Waals surface area contributed by atoms with E-state index in [1.54, 1.807) is 18.5 Å². The van der Waals surface area contributed by atoms with E-state index >= 15 is 0 Å². The summed E-state index contributed by atoms with van der Waals surface area (Å²) in [4.78, 5) is 4.01. The third-order valence-electron chi connectivity index (χ3n) is 3.47. The van der Waals surface area contributed by atoms with Crippen molar-refractivity contribution in [3.63, 3.8) is 0 Å². The van der Waals surface area contributed by atoms with Gasteiger partial charge in [-0.15, -0.1) is 0 Å². The van der Waals surface area contributed by atoms with Gasteiger partial charge in [0.15, 0.2) is 0 Å². The van der Waals surface area contributed by atoms with Crippen LogP contribution in [-0.4, -0.2) is 9.55 Å². The molecule has 3 rings (SSSR count). The third-order valence-corrected chi connectivity index (χ3v) is 3.47. The van der Waals surface area contributed by atoms with Crippen LogP contribution < -0.4 is 4.74 Å². The number of fused-ring (bicyclic) bond motifs is 1. The van der Waals surface area contributed by atoms with Crippen LogP contribution in [0.3, 0.4) is 0 Å². The molecule has 0 radical (unpaired) electrons. The number of pyridine rings is 1. The van der Waals surface area contributed by atoms with E-state index in [1.807, 2.05) is 24.4 Å². The van der Waals surface area contributed by atoms with Gasteiger partial charge >= 0.3 is 0 Å². The first-order valence-electron chi connectivity index (χ1n) is 6.97. The second-order valence-corrected chi connectivity index (χ2v) is 5.27. The maximum atomic E-state index is 14.2. The predicted molar refractivity (Wildman–Crippen MR) is 80.9 cm³/mol. The molecular weight excluding hydrogens is 267 g/mol. The van der Waals surface area contributed by atoms with Crippen molar-refractivity contribution in [3.05, 3.63) is 60.3 Å². The van der Waals surface area contributed by atoms with Crippen molar-refractivity contribution in [1.29, 1.82) is 0 Å². The van der Waals surface area contributed by atoms with E-state index in [0.29, 0.717) is 17.7 Å². The van der Waals surface area contributed by atoms with Gasteiger partial charge in [-0.05, 0) is 38.1 Å². The highest BCUT2D eigenvalue weighted by Gasteiger charge is 2.14. The molecule has 3 nitrogen and oxygen atoms in total. The van der Waals surface area contributed by atoms with Crippen LogP contribution >= 0.6 is 0 Å². The molecule has 21 heavy (non-hydrogen) atoms. The Balaban J connectivity index is 1.98. The molecule has 0 aliphatic carbocycles. The highest BCUT2D eigenvalue weighted by atomic mass is 19.1. The van der Waals surface area contributed by atoms with Gasteiger partial charge < -0.3 is 9.30 Å². The molecule has 0 saturated carbocycles. The van der Waals surface area contributed by atoms with Crippen molar-refractivity contribution in [3.8, 4) is 5.75 Å². The first-order valence-corrected chi connectivity index (χ1v) is 6.97. The fourth-order valence-corrected chi connectivity index (χ4v) is 2.48. The Morgan fingerprint density at radius 3 is 2.81 bits per heavy atom. The number of benzene rings is 1. The van der Waals surface area contributed by atoms with Gasteiger partial charge in [-0.2, -0.15) is 0 Å². The summed E-state index contributed by atoms with van der Waals surface area (Å²) in [5.41, 5.74) is 1.75. The Kier molecular flexibility index (Phi) is 3.60. The van der Waals surface area contributed by atoms with Crippen molar-refractivity contribution in [1.82, 2.24) is 9.55 Å². The zero-order valence-electron chi connectivity index (χ0n) is 12.1. The fourth-order valence-electron chi connectivity index (χ4n) is 2.48. The minimum absolute atomic E-state index is 0.211. The number of ether oxygens (including phenoxy) is 1. The third kappa shape index (κ3) is 2.61. The van der Waals surface area contributed by atoms with E-state index < -0.39 is 0 Å². The van der Waals surface area contributed by atoms with Crippen LogP contribution in [0.15, 0.2) is 48.9 Å². The average molecular weight is 284 g/mol. The Labute approximate surface area is 123 Å². The predicted octanol–water partition coefficient (Wildman–Crippen LogP) is 4.34. The van der Waals surface area contributed by atoms with Crippen LogP contribution in [0.4, 0.5) is 4.39 Å². The molecule has 0 unspecified atom stereocenters. The molecule has 2 heterocycles. The second-order valence-electron chi connectivity index (χ2n) is 5.27. The van der Waals surface area contributed by atoms with Crippen molar-refractivity contribution < 1.29 is 9.13 Å². The number of rotatable bonds is 4. The smallest absolute Gasteiger partial charge is 0.138 e. The lowest BCUT2D eigenvalue weighted by Crippen LogP contribution is -1.98. The zero-order valence-corrected chi connectivity index (χ0v) is 12.1. The molecule has 0 N–H and O–H groups in total. The first-order chi connectivity index (χ1) is 10.2. The van der Waals surface area contributed by atoms with E-state index in [-0.39, 0.29) is 11.9 Å². The van der Waals surface area contributed by atoms with E-state index in [1.165, 1.54) is 6.07 Å². The zero-order chi connectivity index (χ0) is 14.8. The van der Waals surface area contributed by atoms with E-state index in [4.69, 9.17) is 4.74 Å². The largest absolute Gasteiger partial charge is 0.487 e. The molecule has 0 spiro atoms. The summed E-state index contributed by atoms with van der Waals surface area (Å²) in [6.07, 6.45) is 5.31. The summed E-state index contributed by atoms with van der Waals surface area (Å²) in [7, 11) is 0. The summed E-state index contributed by atoms with van der Waals surface area (Å²) < 4.78 is 21.9. The molecule has 0 aliphatic rings. The van der Waals surface area contributed by atoms with Crippen molar-refractivity contribution >= 4 is 10.9 Å². The van der Waals surface area contributed by atoms with E-state index in [9.17, 15) is 4.39 Å². The lowest BCUT2D eigenvalue weighted by atomic mass is 10.2. The highest BCUT2D eigenvalue weighted by molar-refractivity contribution is 5.84. The summed E-state index contributed by atoms with van der Waals surface area (Å²) in [6.45, 7) is 4.48. The van der Waals surface area contributed by atoms with Gasteiger partial charge in [0.25, 0.3) is 0 Å². The van der Waals surface area contributed by atoms with E-state index in [2.05, 4.69) is 23.4 Å². The van der Waals surface area contributed by atoms with Gasteiger partial charge in [0.2, 0.25) is 0 Å². The SMILES string of the molecule is CC(C)n1cc(COc2cccnc2)c2c(F)cccc21. The molecule has 4 heteroatoms. The van der Waals surface area contributed by atoms with Gasteiger partial charge in [0, 0.05) is 29.4 Å². The molecule has 108 valence electrons. The van der Waals surface area contributed by atoms with Crippen molar-refractivity contribution in [2.45, 2.75) is 26.5 Å². The van der Waals surface area contributed by atoms with Crippen LogP contribution in [-0.2, 0) is 6.61 Å². The van der Waals surface area contributed by atoms with Gasteiger partial charge in [0.1, 0.15) is 18.2 Å². The van der Waals surface area contributed by atoms with E-state index in [0.717, 1.165) is 11.1 Å². The topological polar surface area (TPSA) is 27.1 Å². The van der Waals surface area contributed by atoms with Crippen LogP contribution in [0.5, 0.6) is 5.75 Å². The van der Waals surface area contributed by atoms with Crippen LogP contribution in [0.1, 0.15) is 25.5 Å². The highest BCUT2D eigenvalue weighted by Crippen LogP contribution is 2.28. The average Bonchev–Trinajstić information content (AvgIpc) is 2.87. The second kappa shape index (κ2) is 5.56. The number of halogens is 1. The number of nitrogens with zero attached hydrogens (tertiary/aromatic N) is 2. The minimum atomic E-state index is -0.211. The van der Waals surface area contributed by atoms with Crippen molar-refractivity contribution in [2.75, 3.05) is 0 Å². The van der Waals surface area contributed by atoms with Crippen LogP contribution in [0, 0.1) is 5.82 Å². The quantitative estimate of drug-likeness (QED) is 0.712. The van der Waals surface area contributed by atoms with Gasteiger partial charge in [-0.3, -0.25) is 4.98 Å². The summed E-state index contributed by atoms with van der Waals surface area (Å²) in [5.74, 6) is 0.468. The molecule has 0 amide bonds. The Morgan fingerprint density at radius 2 is 2.10 bits per heavy atom. The number of hydrogen-bond acceptors (Lipinski definition) is 2. The Hall–Kier alpha value is -2.36. The monoisotopic (exact) mass is 284 g/mol. The normalized spacial score (nSPS) is 11.2. The Morgan fingerprint density at radius 1 is 1.24 bits per heavy atom. The standard InChI is InChI=1S/C17H17FN2O/c1-12(2)20-10-13(11-21-14-5-4-8-19-9-14)17-15(18)6-3-7-16(17)20/h3-10,12H,11H2,1-2H3. The molecular formula is C17H17FN2O. The molecule has 0 atom stereocenters. The molecule has 2 aromatic heterocycles. The number of aromatic nitrogens is 2. The molecule has 0 bridgehead atoms. The summed E-state index contributed by atoms with van der Waals surface area (Å²) in [6, 6.07) is 9.08. The molecule has 0 aliphatic heterocycles. The number of hydrogen-bond donors (Lipinski definition) is 0. The summed E-state index contributed by atoms with van der Waals surface area (Å²) in [5, 5.41) is 0.634. The van der Waals surface area contributed by atoms with Crippen LogP contribution in [0.2, 0.25) is 0 Å². The molecule has 1 aromatic carbocycles. The minimum Gasteiger partial charge on any atom is -0.487 e. The van der Waals surface area contributed by atoms with Crippen LogP contribution in [0.25, 0.3) is 10.9 Å². The Bertz CT molecular complexity index is 750. The molecule has 0 fully saturated rings. The lowest BCUT2D eigenvalue weighted by Gasteiger charge is -2.08. The van der Waals surface area contributed by atoms with Gasteiger partial charge in [-0.1, -0.05) is 6.07 Å². The maximum absolute atomic E-state index is 14.2. The molecule has 0 saturated heterocycles.